The molecule has 1 amide bonds. The Balaban J connectivity index is 1.41. The van der Waals surface area contributed by atoms with Crippen LogP contribution in [-0.4, -0.2) is 29.9 Å². The molecule has 0 saturated carbocycles. The summed E-state index contributed by atoms with van der Waals surface area (Å²) in [6, 6.07) is 5.84. The molecule has 0 fully saturated rings. The molecule has 0 spiro atoms. The highest BCUT2D eigenvalue weighted by Gasteiger charge is 2.12. The van der Waals surface area contributed by atoms with Crippen molar-refractivity contribution in [2.45, 2.75) is 17.9 Å². The van der Waals surface area contributed by atoms with Crippen molar-refractivity contribution in [1.29, 1.82) is 0 Å². The lowest BCUT2D eigenvalue weighted by Gasteiger charge is -2.18. The van der Waals surface area contributed by atoms with E-state index in [9.17, 15) is 4.79 Å². The number of fused-ring (bicyclic) bond motifs is 1. The first-order valence-corrected chi connectivity index (χ1v) is 9.06. The number of thiazole rings is 1. The van der Waals surface area contributed by atoms with Gasteiger partial charge in [0, 0.05) is 22.4 Å². The maximum atomic E-state index is 11.8. The molecule has 8 heteroatoms. The second-order valence-corrected chi connectivity index (χ2v) is 6.92. The number of nitrogens with two attached hydrogens (primary N) is 1. The van der Waals surface area contributed by atoms with Crippen molar-refractivity contribution in [3.63, 3.8) is 0 Å². The molecule has 1 aliphatic rings. The standard InChI is InChI=1S/C15H17N3O3S2/c16-15-18-10(9-23-15)8-17-14(19)3-6-22-11-1-2-12-13(7-11)21-5-4-20-12/h1-2,7,9H,3-6,8H2,(H2,16,18)(H,17,19). The number of amides is 1. The van der Waals surface area contributed by atoms with E-state index in [1.54, 1.807) is 11.8 Å². The van der Waals surface area contributed by atoms with Crippen molar-refractivity contribution in [3.05, 3.63) is 29.3 Å². The molecule has 6 nitrogen and oxygen atoms in total. The fraction of sp³-hybridized carbons (Fsp3) is 0.333. The van der Waals surface area contributed by atoms with Crippen molar-refractivity contribution in [3.8, 4) is 11.5 Å². The summed E-state index contributed by atoms with van der Waals surface area (Å²) in [5, 5.41) is 5.20. The van der Waals surface area contributed by atoms with Gasteiger partial charge in [0.15, 0.2) is 16.6 Å². The smallest absolute Gasteiger partial charge is 0.221 e. The minimum Gasteiger partial charge on any atom is -0.486 e. The van der Waals surface area contributed by atoms with E-state index in [-0.39, 0.29) is 5.91 Å². The van der Waals surface area contributed by atoms with Crippen LogP contribution in [0.2, 0.25) is 0 Å². The predicted molar refractivity (Wildman–Crippen MR) is 91.1 cm³/mol. The van der Waals surface area contributed by atoms with Crippen LogP contribution in [0.5, 0.6) is 11.5 Å². The number of hydrogen-bond acceptors (Lipinski definition) is 7. The van der Waals surface area contributed by atoms with Gasteiger partial charge in [-0.15, -0.1) is 23.1 Å². The molecule has 0 atom stereocenters. The SMILES string of the molecule is Nc1nc(CNC(=O)CCSc2ccc3c(c2)OCCO3)cs1. The molecular weight excluding hydrogens is 334 g/mol. The Hall–Kier alpha value is -1.93. The number of carbonyl (C=O) groups is 1. The van der Waals surface area contributed by atoms with Crippen LogP contribution in [0.25, 0.3) is 0 Å². The van der Waals surface area contributed by atoms with Crippen molar-refractivity contribution in [2.24, 2.45) is 0 Å². The molecule has 1 aliphatic heterocycles. The summed E-state index contributed by atoms with van der Waals surface area (Å²) >= 11 is 2.99. The topological polar surface area (TPSA) is 86.5 Å². The predicted octanol–water partition coefficient (Wildman–Crippen LogP) is 2.30. The van der Waals surface area contributed by atoms with Crippen LogP contribution in [0.15, 0.2) is 28.5 Å². The summed E-state index contributed by atoms with van der Waals surface area (Å²) in [5.74, 6) is 2.25. The van der Waals surface area contributed by atoms with Crippen molar-refractivity contribution < 1.29 is 14.3 Å². The fourth-order valence-corrected chi connectivity index (χ4v) is 3.50. The van der Waals surface area contributed by atoms with Crippen molar-refractivity contribution in [1.82, 2.24) is 10.3 Å². The molecule has 0 radical (unpaired) electrons. The number of anilines is 1. The Morgan fingerprint density at radius 3 is 2.96 bits per heavy atom. The van der Waals surface area contributed by atoms with Gasteiger partial charge in [0.1, 0.15) is 13.2 Å². The van der Waals surface area contributed by atoms with E-state index in [1.807, 2.05) is 23.6 Å². The van der Waals surface area contributed by atoms with Gasteiger partial charge in [-0.2, -0.15) is 0 Å². The number of nitrogens with zero attached hydrogens (tertiary/aromatic N) is 1. The summed E-state index contributed by atoms with van der Waals surface area (Å²) in [6.45, 7) is 1.58. The highest BCUT2D eigenvalue weighted by atomic mass is 32.2. The van der Waals surface area contributed by atoms with Gasteiger partial charge >= 0.3 is 0 Å². The lowest BCUT2D eigenvalue weighted by Crippen LogP contribution is -2.23. The molecule has 3 N–H and O–H groups in total. The minimum absolute atomic E-state index is 0.00150. The molecule has 2 aromatic rings. The summed E-state index contributed by atoms with van der Waals surface area (Å²) in [6.07, 6.45) is 0.443. The maximum absolute atomic E-state index is 11.8. The third kappa shape index (κ3) is 4.52. The van der Waals surface area contributed by atoms with Gasteiger partial charge in [0.25, 0.3) is 0 Å². The Labute approximate surface area is 142 Å². The maximum Gasteiger partial charge on any atom is 0.221 e. The van der Waals surface area contributed by atoms with Crippen molar-refractivity contribution >= 4 is 34.1 Å². The van der Waals surface area contributed by atoms with E-state index >= 15 is 0 Å². The van der Waals surface area contributed by atoms with E-state index in [1.165, 1.54) is 11.3 Å². The molecule has 2 heterocycles. The molecule has 0 bridgehead atoms. The third-order valence-electron chi connectivity index (χ3n) is 3.15. The zero-order valence-corrected chi connectivity index (χ0v) is 14.0. The van der Waals surface area contributed by atoms with Gasteiger partial charge in [-0.1, -0.05) is 0 Å². The number of hydrogen-bond donors (Lipinski definition) is 2. The number of nitrogen functional groups attached to an aromatic ring is 1. The third-order valence-corrected chi connectivity index (χ3v) is 4.87. The fourth-order valence-electron chi connectivity index (χ4n) is 2.06. The van der Waals surface area contributed by atoms with Gasteiger partial charge in [-0.05, 0) is 18.2 Å². The number of ether oxygens (including phenoxy) is 2. The number of rotatable bonds is 6. The first-order valence-electron chi connectivity index (χ1n) is 7.20. The average molecular weight is 351 g/mol. The Morgan fingerprint density at radius 2 is 2.17 bits per heavy atom. The van der Waals surface area contributed by atoms with Gasteiger partial charge in [-0.25, -0.2) is 4.98 Å². The zero-order chi connectivity index (χ0) is 16.1. The summed E-state index contributed by atoms with van der Waals surface area (Å²) < 4.78 is 11.0. The lowest BCUT2D eigenvalue weighted by molar-refractivity contribution is -0.120. The quantitative estimate of drug-likeness (QED) is 0.777. The van der Waals surface area contributed by atoms with Crippen LogP contribution >= 0.6 is 23.1 Å². The van der Waals surface area contributed by atoms with Gasteiger partial charge in [0.05, 0.1) is 12.2 Å². The molecule has 1 aromatic carbocycles. The Morgan fingerprint density at radius 1 is 1.35 bits per heavy atom. The molecule has 0 aliphatic carbocycles. The molecule has 0 unspecified atom stereocenters. The highest BCUT2D eigenvalue weighted by Crippen LogP contribution is 2.34. The normalized spacial score (nSPS) is 12.9. The van der Waals surface area contributed by atoms with Crippen LogP contribution in [0.3, 0.4) is 0 Å². The van der Waals surface area contributed by atoms with Gasteiger partial charge in [0.2, 0.25) is 5.91 Å². The number of thioether (sulfide) groups is 1. The molecule has 122 valence electrons. The van der Waals surface area contributed by atoms with E-state index in [2.05, 4.69) is 10.3 Å². The number of carbonyl (C=O) groups excluding carboxylic acids is 1. The largest absolute Gasteiger partial charge is 0.486 e. The molecule has 3 rings (SSSR count). The molecule has 23 heavy (non-hydrogen) atoms. The number of nitrogens with one attached hydrogen (secondary N) is 1. The second-order valence-electron chi connectivity index (χ2n) is 4.86. The van der Waals surface area contributed by atoms with Gasteiger partial charge < -0.3 is 20.5 Å². The lowest BCUT2D eigenvalue weighted by atomic mass is 10.3. The molecule has 1 aromatic heterocycles. The van der Waals surface area contributed by atoms with Crippen LogP contribution < -0.4 is 20.5 Å². The summed E-state index contributed by atoms with van der Waals surface area (Å²) in [4.78, 5) is 17.0. The molecule has 0 saturated heterocycles. The average Bonchev–Trinajstić information content (AvgIpc) is 2.98. The second kappa shape index (κ2) is 7.56. The monoisotopic (exact) mass is 351 g/mol. The number of benzene rings is 1. The Bertz CT molecular complexity index is 690. The van der Waals surface area contributed by atoms with Crippen LogP contribution in [0, 0.1) is 0 Å². The Kier molecular flexibility index (Phi) is 5.24. The van der Waals surface area contributed by atoms with Crippen LogP contribution in [0.1, 0.15) is 12.1 Å². The number of aromatic nitrogens is 1. The van der Waals surface area contributed by atoms with Crippen LogP contribution in [-0.2, 0) is 11.3 Å². The van der Waals surface area contributed by atoms with Gasteiger partial charge in [-0.3, -0.25) is 4.79 Å². The van der Waals surface area contributed by atoms with E-state index in [0.717, 1.165) is 22.1 Å². The minimum atomic E-state index is 0.00150. The van der Waals surface area contributed by atoms with Crippen molar-refractivity contribution in [2.75, 3.05) is 24.7 Å². The first kappa shape index (κ1) is 15.9. The highest BCUT2D eigenvalue weighted by molar-refractivity contribution is 7.99. The molecular formula is C15H17N3O3S2. The van der Waals surface area contributed by atoms with E-state index in [0.29, 0.717) is 37.1 Å². The van der Waals surface area contributed by atoms with E-state index in [4.69, 9.17) is 15.2 Å². The zero-order valence-electron chi connectivity index (χ0n) is 12.4. The van der Waals surface area contributed by atoms with E-state index < -0.39 is 0 Å². The summed E-state index contributed by atoms with van der Waals surface area (Å²) in [7, 11) is 0. The first-order chi connectivity index (χ1) is 11.2. The summed E-state index contributed by atoms with van der Waals surface area (Å²) in [5.41, 5.74) is 6.34. The van der Waals surface area contributed by atoms with Crippen LogP contribution in [0.4, 0.5) is 5.13 Å².